The molecule has 0 amide bonds. The van der Waals surface area contributed by atoms with Gasteiger partial charge in [-0.05, 0) is 40.5 Å². The Morgan fingerprint density at radius 2 is 1.78 bits per heavy atom. The molecule has 1 aliphatic carbocycles. The Hall–Kier alpha value is -2.62. The van der Waals surface area contributed by atoms with Gasteiger partial charge in [0.15, 0.2) is 0 Å². The molecule has 2 atom stereocenters. The number of hydrogen-bond acceptors (Lipinski definition) is 4. The first-order valence-electron chi connectivity index (χ1n) is 9.24. The summed E-state index contributed by atoms with van der Waals surface area (Å²) in [5.74, 6) is -0.757. The first kappa shape index (κ1) is 19.2. The molecule has 2 unspecified atom stereocenters. The molecule has 4 heteroatoms. The Balaban J connectivity index is 1.73. The van der Waals surface area contributed by atoms with Gasteiger partial charge in [-0.25, -0.2) is 4.79 Å². The second-order valence-electron chi connectivity index (χ2n) is 8.09. The highest BCUT2D eigenvalue weighted by molar-refractivity contribution is 5.92. The lowest BCUT2D eigenvalue weighted by Gasteiger charge is -2.21. The second kappa shape index (κ2) is 7.55. The number of esters is 2. The van der Waals surface area contributed by atoms with Crippen molar-refractivity contribution in [1.29, 1.82) is 0 Å². The summed E-state index contributed by atoms with van der Waals surface area (Å²) < 4.78 is 10.4. The van der Waals surface area contributed by atoms with Crippen molar-refractivity contribution in [2.24, 2.45) is 5.92 Å². The van der Waals surface area contributed by atoms with E-state index in [1.54, 1.807) is 0 Å². The molecule has 0 N–H and O–H groups in total. The highest BCUT2D eigenvalue weighted by Gasteiger charge is 2.47. The van der Waals surface area contributed by atoms with Crippen LogP contribution in [0.1, 0.15) is 60.2 Å². The second-order valence-corrected chi connectivity index (χ2v) is 8.09. The van der Waals surface area contributed by atoms with E-state index < -0.39 is 0 Å². The number of methoxy groups -OCH3 is 1. The van der Waals surface area contributed by atoms with E-state index in [0.717, 1.165) is 16.7 Å². The predicted molar refractivity (Wildman–Crippen MR) is 104 cm³/mol. The number of rotatable bonds is 5. The molecule has 1 fully saturated rings. The van der Waals surface area contributed by atoms with Gasteiger partial charge in [0.25, 0.3) is 0 Å². The van der Waals surface area contributed by atoms with E-state index >= 15 is 0 Å². The predicted octanol–water partition coefficient (Wildman–Crippen LogP) is 4.62. The summed E-state index contributed by atoms with van der Waals surface area (Å²) in [6.45, 7) is 6.58. The molecule has 0 saturated heterocycles. The fraction of sp³-hybridized carbons (Fsp3) is 0.391. The van der Waals surface area contributed by atoms with Gasteiger partial charge in [0.2, 0.25) is 0 Å². The van der Waals surface area contributed by atoms with Crippen molar-refractivity contribution in [3.8, 4) is 0 Å². The molecule has 0 radical (unpaired) electrons. The van der Waals surface area contributed by atoms with Crippen LogP contribution in [0.3, 0.4) is 0 Å². The molecule has 142 valence electrons. The van der Waals surface area contributed by atoms with Crippen LogP contribution in [-0.4, -0.2) is 19.0 Å². The van der Waals surface area contributed by atoms with Gasteiger partial charge in [-0.3, -0.25) is 4.79 Å². The van der Waals surface area contributed by atoms with Crippen molar-refractivity contribution in [3.05, 3.63) is 70.8 Å². The van der Waals surface area contributed by atoms with E-state index in [4.69, 9.17) is 9.47 Å². The minimum atomic E-state index is -0.362. The van der Waals surface area contributed by atoms with Gasteiger partial charge in [0.1, 0.15) is 6.61 Å². The Morgan fingerprint density at radius 3 is 2.41 bits per heavy atom. The topological polar surface area (TPSA) is 52.6 Å². The standard InChI is InChI=1S/C23H26O4/c1-23(2,3)16-10-11-17(19(12-16)21(24)26-4)18-13-20(18)22(25)27-14-15-8-6-5-7-9-15/h5-12,18,20H,13-14H2,1-4H3. The summed E-state index contributed by atoms with van der Waals surface area (Å²) >= 11 is 0. The molecule has 27 heavy (non-hydrogen) atoms. The van der Waals surface area contributed by atoms with Crippen LogP contribution in [0.4, 0.5) is 0 Å². The van der Waals surface area contributed by atoms with E-state index in [1.165, 1.54) is 7.11 Å². The molecule has 1 aliphatic rings. The molecule has 0 bridgehead atoms. The first-order chi connectivity index (χ1) is 12.8. The molecule has 0 spiro atoms. The number of ether oxygens (including phenoxy) is 2. The number of benzene rings is 2. The molecule has 1 saturated carbocycles. The van der Waals surface area contributed by atoms with Crippen LogP contribution in [0.2, 0.25) is 0 Å². The largest absolute Gasteiger partial charge is 0.465 e. The molecule has 0 heterocycles. The average Bonchev–Trinajstić information content (AvgIpc) is 3.46. The molecular weight excluding hydrogens is 340 g/mol. The van der Waals surface area contributed by atoms with Crippen molar-refractivity contribution >= 4 is 11.9 Å². The zero-order valence-electron chi connectivity index (χ0n) is 16.3. The third-order valence-corrected chi connectivity index (χ3v) is 5.04. The van der Waals surface area contributed by atoms with Gasteiger partial charge in [0, 0.05) is 0 Å². The maximum Gasteiger partial charge on any atom is 0.338 e. The zero-order chi connectivity index (χ0) is 19.6. The van der Waals surface area contributed by atoms with E-state index in [0.29, 0.717) is 12.0 Å². The summed E-state index contributed by atoms with van der Waals surface area (Å²) in [6, 6.07) is 15.5. The molecule has 2 aromatic rings. The molecule has 3 rings (SSSR count). The van der Waals surface area contributed by atoms with E-state index in [1.807, 2.05) is 48.5 Å². The normalized spacial score (nSPS) is 18.7. The van der Waals surface area contributed by atoms with Crippen LogP contribution >= 0.6 is 0 Å². The van der Waals surface area contributed by atoms with E-state index in [-0.39, 0.29) is 35.8 Å². The summed E-state index contributed by atoms with van der Waals surface area (Å²) in [5.41, 5.74) is 3.38. The van der Waals surface area contributed by atoms with Crippen molar-refractivity contribution in [2.45, 2.75) is 45.1 Å². The van der Waals surface area contributed by atoms with Crippen molar-refractivity contribution in [3.63, 3.8) is 0 Å². The maximum atomic E-state index is 12.4. The Labute approximate surface area is 160 Å². The molecule has 2 aromatic carbocycles. The molecule has 4 nitrogen and oxygen atoms in total. The fourth-order valence-electron chi connectivity index (χ4n) is 3.27. The van der Waals surface area contributed by atoms with Crippen molar-refractivity contribution in [1.82, 2.24) is 0 Å². The highest BCUT2D eigenvalue weighted by Crippen LogP contribution is 2.50. The van der Waals surface area contributed by atoms with Crippen LogP contribution in [0.5, 0.6) is 0 Å². The van der Waals surface area contributed by atoms with Gasteiger partial charge in [-0.15, -0.1) is 0 Å². The minimum Gasteiger partial charge on any atom is -0.465 e. The Kier molecular flexibility index (Phi) is 5.36. The van der Waals surface area contributed by atoms with Gasteiger partial charge < -0.3 is 9.47 Å². The lowest BCUT2D eigenvalue weighted by Crippen LogP contribution is -2.15. The maximum absolute atomic E-state index is 12.4. The van der Waals surface area contributed by atoms with E-state index in [9.17, 15) is 9.59 Å². The number of carbonyl (C=O) groups is 2. The minimum absolute atomic E-state index is 0.0105. The van der Waals surface area contributed by atoms with Crippen molar-refractivity contribution < 1.29 is 19.1 Å². The first-order valence-corrected chi connectivity index (χ1v) is 9.24. The van der Waals surface area contributed by atoms with Crippen LogP contribution < -0.4 is 0 Å². The van der Waals surface area contributed by atoms with Gasteiger partial charge in [-0.1, -0.05) is 63.2 Å². The van der Waals surface area contributed by atoms with Crippen LogP contribution in [0.15, 0.2) is 48.5 Å². The molecular formula is C23H26O4. The summed E-state index contributed by atoms with van der Waals surface area (Å²) in [5, 5.41) is 0. The monoisotopic (exact) mass is 366 g/mol. The quantitative estimate of drug-likeness (QED) is 0.725. The third kappa shape index (κ3) is 4.38. The summed E-state index contributed by atoms with van der Waals surface area (Å²) in [4.78, 5) is 24.7. The molecule has 0 aliphatic heterocycles. The summed E-state index contributed by atoms with van der Waals surface area (Å²) in [6.07, 6.45) is 0.701. The fourth-order valence-corrected chi connectivity index (χ4v) is 3.27. The lowest BCUT2D eigenvalue weighted by atomic mass is 9.84. The lowest BCUT2D eigenvalue weighted by molar-refractivity contribution is -0.146. The Morgan fingerprint density at radius 1 is 1.07 bits per heavy atom. The number of hydrogen-bond donors (Lipinski definition) is 0. The molecule has 0 aromatic heterocycles. The zero-order valence-corrected chi connectivity index (χ0v) is 16.3. The van der Waals surface area contributed by atoms with Crippen LogP contribution in [0, 0.1) is 5.92 Å². The van der Waals surface area contributed by atoms with Gasteiger partial charge in [0.05, 0.1) is 18.6 Å². The SMILES string of the molecule is COC(=O)c1cc(C(C)(C)C)ccc1C1CC1C(=O)OCc1ccccc1. The van der Waals surface area contributed by atoms with Gasteiger partial charge >= 0.3 is 11.9 Å². The average molecular weight is 366 g/mol. The summed E-state index contributed by atoms with van der Waals surface area (Å²) in [7, 11) is 1.38. The number of carbonyl (C=O) groups excluding carboxylic acids is 2. The van der Waals surface area contributed by atoms with Gasteiger partial charge in [-0.2, -0.15) is 0 Å². The third-order valence-electron chi connectivity index (χ3n) is 5.04. The smallest absolute Gasteiger partial charge is 0.338 e. The van der Waals surface area contributed by atoms with E-state index in [2.05, 4.69) is 20.8 Å². The Bertz CT molecular complexity index is 833. The van der Waals surface area contributed by atoms with Crippen LogP contribution in [-0.2, 0) is 26.3 Å². The highest BCUT2D eigenvalue weighted by atomic mass is 16.5. The van der Waals surface area contributed by atoms with Crippen LogP contribution in [0.25, 0.3) is 0 Å². The van der Waals surface area contributed by atoms with Crippen molar-refractivity contribution in [2.75, 3.05) is 7.11 Å².